The molecule has 1 aromatic carbocycles. The largest absolute Gasteiger partial charge is 0.307 e. The monoisotopic (exact) mass is 267 g/mol. The van der Waals surface area contributed by atoms with Gasteiger partial charge in [0.25, 0.3) is 0 Å². The van der Waals surface area contributed by atoms with Gasteiger partial charge < -0.3 is 5.32 Å². The van der Waals surface area contributed by atoms with E-state index in [1.54, 1.807) is 0 Å². The molecule has 1 atom stereocenters. The lowest BCUT2D eigenvalue weighted by Crippen LogP contribution is -2.19. The maximum atomic E-state index is 3.50. The number of hydrogen-bond donors (Lipinski definition) is 1. The summed E-state index contributed by atoms with van der Waals surface area (Å²) < 4.78 is 1.13. The summed E-state index contributed by atoms with van der Waals surface area (Å²) in [7, 11) is 0. The molecule has 0 fully saturated rings. The van der Waals surface area contributed by atoms with E-state index in [9.17, 15) is 0 Å². The number of nitrogens with one attached hydrogen (secondary N) is 1. The molecular formula is C13H18BrN. The minimum Gasteiger partial charge on any atom is -0.307 e. The summed E-state index contributed by atoms with van der Waals surface area (Å²) in [5.74, 6) is 0. The average molecular weight is 268 g/mol. The van der Waals surface area contributed by atoms with E-state index in [2.05, 4.69) is 72.4 Å². The van der Waals surface area contributed by atoms with Gasteiger partial charge in [0.1, 0.15) is 0 Å². The van der Waals surface area contributed by atoms with E-state index in [1.165, 1.54) is 11.1 Å². The molecule has 15 heavy (non-hydrogen) atoms. The van der Waals surface area contributed by atoms with Gasteiger partial charge >= 0.3 is 0 Å². The Labute approximate surface area is 101 Å². The van der Waals surface area contributed by atoms with E-state index in [1.807, 2.05) is 0 Å². The maximum absolute atomic E-state index is 3.50. The smallest absolute Gasteiger partial charge is 0.0509 e. The summed E-state index contributed by atoms with van der Waals surface area (Å²) in [6, 6.07) is 8.75. The number of benzene rings is 1. The van der Waals surface area contributed by atoms with E-state index in [4.69, 9.17) is 0 Å². The Hall–Kier alpha value is -0.600. The highest BCUT2D eigenvalue weighted by Crippen LogP contribution is 2.20. The Morgan fingerprint density at radius 3 is 2.73 bits per heavy atom. The van der Waals surface area contributed by atoms with Gasteiger partial charge in [-0.05, 0) is 38.1 Å². The van der Waals surface area contributed by atoms with Crippen LogP contribution in [0.4, 0.5) is 0 Å². The first-order valence-electron chi connectivity index (χ1n) is 5.27. The van der Waals surface area contributed by atoms with Gasteiger partial charge in [0.15, 0.2) is 0 Å². The minimum absolute atomic E-state index is 0.317. The van der Waals surface area contributed by atoms with Crippen LogP contribution in [-0.2, 0) is 0 Å². The van der Waals surface area contributed by atoms with Crippen molar-refractivity contribution in [2.24, 2.45) is 0 Å². The number of halogens is 1. The molecule has 2 heteroatoms. The zero-order chi connectivity index (χ0) is 11.3. The highest BCUT2D eigenvalue weighted by atomic mass is 79.9. The molecule has 0 aliphatic carbocycles. The molecular weight excluding hydrogens is 250 g/mol. The number of allylic oxidation sites excluding steroid dienone is 1. The highest BCUT2D eigenvalue weighted by Gasteiger charge is 2.06. The summed E-state index contributed by atoms with van der Waals surface area (Å²) in [6.07, 6.45) is 2.26. The normalized spacial score (nSPS) is 12.3. The van der Waals surface area contributed by atoms with E-state index in [0.29, 0.717) is 6.04 Å². The van der Waals surface area contributed by atoms with Crippen LogP contribution in [0, 0.1) is 0 Å². The molecule has 1 rings (SSSR count). The summed E-state index contributed by atoms with van der Waals surface area (Å²) >= 11 is 3.50. The average Bonchev–Trinajstić information content (AvgIpc) is 2.16. The van der Waals surface area contributed by atoms with Crippen molar-refractivity contribution >= 4 is 15.9 Å². The summed E-state index contributed by atoms with van der Waals surface area (Å²) in [6.45, 7) is 7.36. The molecule has 82 valence electrons. The first-order valence-corrected chi connectivity index (χ1v) is 6.06. The lowest BCUT2D eigenvalue weighted by Gasteiger charge is -2.15. The first-order chi connectivity index (χ1) is 7.13. The van der Waals surface area contributed by atoms with Gasteiger partial charge in [-0.3, -0.25) is 0 Å². The molecule has 0 spiro atoms. The van der Waals surface area contributed by atoms with Crippen molar-refractivity contribution in [1.82, 2.24) is 5.32 Å². The number of rotatable bonds is 4. The molecule has 0 bridgehead atoms. The predicted molar refractivity (Wildman–Crippen MR) is 70.0 cm³/mol. The lowest BCUT2D eigenvalue weighted by atomic mass is 10.0. The summed E-state index contributed by atoms with van der Waals surface area (Å²) in [5.41, 5.74) is 2.63. The number of hydrogen-bond acceptors (Lipinski definition) is 1. The van der Waals surface area contributed by atoms with Crippen LogP contribution >= 0.6 is 15.9 Å². The van der Waals surface area contributed by atoms with E-state index in [-0.39, 0.29) is 0 Å². The van der Waals surface area contributed by atoms with Crippen molar-refractivity contribution in [2.75, 3.05) is 6.54 Å². The van der Waals surface area contributed by atoms with E-state index < -0.39 is 0 Å². The first kappa shape index (κ1) is 12.5. The predicted octanol–water partition coefficient (Wildman–Crippen LogP) is 4.07. The van der Waals surface area contributed by atoms with Gasteiger partial charge in [-0.25, -0.2) is 0 Å². The molecule has 0 radical (unpaired) electrons. The lowest BCUT2D eigenvalue weighted by molar-refractivity contribution is 0.644. The molecule has 0 saturated heterocycles. The van der Waals surface area contributed by atoms with Gasteiger partial charge in [-0.1, -0.05) is 46.6 Å². The Morgan fingerprint density at radius 2 is 2.20 bits per heavy atom. The second-order valence-electron chi connectivity index (χ2n) is 3.83. The molecule has 0 aliphatic heterocycles. The molecule has 0 aliphatic rings. The molecule has 1 nitrogen and oxygen atoms in total. The van der Waals surface area contributed by atoms with E-state index in [0.717, 1.165) is 11.0 Å². The van der Waals surface area contributed by atoms with Gasteiger partial charge in [-0.15, -0.1) is 0 Å². The molecule has 0 saturated carbocycles. The molecule has 1 unspecified atom stereocenters. The van der Waals surface area contributed by atoms with Crippen LogP contribution in [0.3, 0.4) is 0 Å². The van der Waals surface area contributed by atoms with Crippen LogP contribution in [0.25, 0.3) is 0 Å². The number of likely N-dealkylation sites (N-methyl/N-ethyl adjacent to an activating group) is 1. The molecule has 1 N–H and O–H groups in total. The Kier molecular flexibility index (Phi) is 5.06. The van der Waals surface area contributed by atoms with Crippen LogP contribution in [0.1, 0.15) is 32.4 Å². The van der Waals surface area contributed by atoms with Crippen molar-refractivity contribution in [3.8, 4) is 0 Å². The second kappa shape index (κ2) is 6.09. The topological polar surface area (TPSA) is 12.0 Å². The standard InChI is InChI=1S/C13H18BrN/c1-4-15-13(8-10(2)3)11-6-5-7-12(14)9-11/h5-9,13,15H,4H2,1-3H3. The van der Waals surface area contributed by atoms with Crippen molar-refractivity contribution < 1.29 is 0 Å². The maximum Gasteiger partial charge on any atom is 0.0509 e. The fourth-order valence-electron chi connectivity index (χ4n) is 1.53. The molecule has 0 aromatic heterocycles. The summed E-state index contributed by atoms with van der Waals surface area (Å²) in [5, 5.41) is 3.46. The van der Waals surface area contributed by atoms with Crippen LogP contribution in [0.5, 0.6) is 0 Å². The Balaban J connectivity index is 2.93. The van der Waals surface area contributed by atoms with Crippen LogP contribution in [-0.4, -0.2) is 6.54 Å². The fraction of sp³-hybridized carbons (Fsp3) is 0.385. The molecule has 1 aromatic rings. The van der Waals surface area contributed by atoms with Crippen LogP contribution < -0.4 is 5.32 Å². The third-order valence-corrected chi connectivity index (χ3v) is 2.63. The minimum atomic E-state index is 0.317. The SMILES string of the molecule is CCNC(C=C(C)C)c1cccc(Br)c1. The van der Waals surface area contributed by atoms with Gasteiger partial charge in [0.2, 0.25) is 0 Å². The highest BCUT2D eigenvalue weighted by molar-refractivity contribution is 9.10. The van der Waals surface area contributed by atoms with Crippen LogP contribution in [0.2, 0.25) is 0 Å². The third kappa shape index (κ3) is 4.18. The molecule has 0 heterocycles. The van der Waals surface area contributed by atoms with Crippen molar-refractivity contribution in [3.05, 3.63) is 46.0 Å². The van der Waals surface area contributed by atoms with Gasteiger partial charge in [0.05, 0.1) is 6.04 Å². The van der Waals surface area contributed by atoms with Gasteiger partial charge in [0, 0.05) is 4.47 Å². The van der Waals surface area contributed by atoms with Crippen molar-refractivity contribution in [1.29, 1.82) is 0 Å². The zero-order valence-corrected chi connectivity index (χ0v) is 11.1. The Bertz CT molecular complexity index is 340. The Morgan fingerprint density at radius 1 is 1.47 bits per heavy atom. The zero-order valence-electron chi connectivity index (χ0n) is 9.55. The van der Waals surface area contributed by atoms with E-state index >= 15 is 0 Å². The van der Waals surface area contributed by atoms with Crippen LogP contribution in [0.15, 0.2) is 40.4 Å². The second-order valence-corrected chi connectivity index (χ2v) is 4.75. The van der Waals surface area contributed by atoms with Crippen molar-refractivity contribution in [3.63, 3.8) is 0 Å². The fourth-order valence-corrected chi connectivity index (χ4v) is 1.94. The third-order valence-electron chi connectivity index (χ3n) is 2.13. The molecule has 0 amide bonds. The quantitative estimate of drug-likeness (QED) is 0.812. The summed E-state index contributed by atoms with van der Waals surface area (Å²) in [4.78, 5) is 0. The van der Waals surface area contributed by atoms with Crippen molar-refractivity contribution in [2.45, 2.75) is 26.8 Å². The van der Waals surface area contributed by atoms with Gasteiger partial charge in [-0.2, -0.15) is 0 Å².